The van der Waals surface area contributed by atoms with Crippen molar-refractivity contribution in [3.05, 3.63) is 45.1 Å². The molecule has 4 heterocycles. The van der Waals surface area contributed by atoms with Crippen molar-refractivity contribution in [2.45, 2.75) is 16.9 Å². The maximum Gasteiger partial charge on any atom is 0.332 e. The normalized spacial score (nSPS) is 14.5. The number of hydrogen-bond acceptors (Lipinski definition) is 7. The third-order valence-electron chi connectivity index (χ3n) is 5.89. The van der Waals surface area contributed by atoms with Gasteiger partial charge in [0.15, 0.2) is 21.5 Å². The Hall–Kier alpha value is -3.38. The number of hydrogen-bond donors (Lipinski definition) is 0. The van der Waals surface area contributed by atoms with E-state index in [2.05, 4.69) is 4.98 Å². The van der Waals surface area contributed by atoms with E-state index in [1.807, 2.05) is 28.8 Å². The molecule has 0 aliphatic carbocycles. The van der Waals surface area contributed by atoms with Crippen LogP contribution in [0.3, 0.4) is 0 Å². The van der Waals surface area contributed by atoms with Crippen LogP contribution in [0.1, 0.15) is 0 Å². The van der Waals surface area contributed by atoms with Crippen LogP contribution < -0.4 is 11.2 Å². The Morgan fingerprint density at radius 1 is 1.00 bits per heavy atom. The summed E-state index contributed by atoms with van der Waals surface area (Å²) in [7, 11) is 4.76. The summed E-state index contributed by atoms with van der Waals surface area (Å²) >= 11 is 1.25. The molecule has 1 amide bonds. The van der Waals surface area contributed by atoms with Crippen LogP contribution in [-0.2, 0) is 37.2 Å². The van der Waals surface area contributed by atoms with Crippen LogP contribution in [0.4, 0.5) is 0 Å². The van der Waals surface area contributed by atoms with Gasteiger partial charge in [0.2, 0.25) is 5.91 Å². The molecule has 1 fully saturated rings. The number of morpholine rings is 1. The fourth-order valence-electron chi connectivity index (χ4n) is 4.00. The average Bonchev–Trinajstić information content (AvgIpc) is 3.34. The molecule has 0 radical (unpaired) electrons. The number of carbonyl (C=O) groups is 1. The molecule has 11 nitrogen and oxygen atoms in total. The predicted octanol–water partition coefficient (Wildman–Crippen LogP) is 0.330. The summed E-state index contributed by atoms with van der Waals surface area (Å²) in [6.07, 6.45) is 0. The first kappa shape index (κ1) is 21.5. The van der Waals surface area contributed by atoms with Crippen molar-refractivity contribution in [1.29, 1.82) is 0 Å². The second-order valence-corrected chi connectivity index (χ2v) is 8.83. The number of amides is 1. The summed E-state index contributed by atoms with van der Waals surface area (Å²) in [6, 6.07) is 7.62. The number of nitrogens with zero attached hydrogens (tertiary/aromatic N) is 7. The molecule has 0 bridgehead atoms. The highest BCUT2D eigenvalue weighted by Crippen LogP contribution is 2.30. The molecule has 1 saturated heterocycles. The van der Waals surface area contributed by atoms with Crippen molar-refractivity contribution >= 4 is 39.9 Å². The number of imidazole rings is 2. The number of fused-ring (bicyclic) bond motifs is 2. The lowest BCUT2D eigenvalue weighted by Gasteiger charge is -2.27. The monoisotopic (exact) mass is 469 g/mol. The molecular weight excluding hydrogens is 446 g/mol. The van der Waals surface area contributed by atoms with Crippen LogP contribution >= 0.6 is 11.8 Å². The Bertz CT molecular complexity index is 1510. The summed E-state index contributed by atoms with van der Waals surface area (Å²) < 4.78 is 11.3. The van der Waals surface area contributed by atoms with Gasteiger partial charge in [0.25, 0.3) is 5.56 Å². The van der Waals surface area contributed by atoms with Gasteiger partial charge in [-0.15, -0.1) is 0 Å². The van der Waals surface area contributed by atoms with E-state index in [4.69, 9.17) is 9.72 Å². The van der Waals surface area contributed by atoms with Crippen LogP contribution in [0.2, 0.25) is 0 Å². The highest BCUT2D eigenvalue weighted by Gasteiger charge is 2.23. The van der Waals surface area contributed by atoms with E-state index < -0.39 is 11.2 Å². The zero-order chi connectivity index (χ0) is 23.3. The number of benzene rings is 1. The number of carbonyl (C=O) groups excluding carboxylic acids is 1. The smallest absolute Gasteiger partial charge is 0.332 e. The Kier molecular flexibility index (Phi) is 5.33. The lowest BCUT2D eigenvalue weighted by atomic mass is 10.3. The third-order valence-corrected chi connectivity index (χ3v) is 6.94. The molecule has 1 aliphatic heterocycles. The third kappa shape index (κ3) is 3.55. The highest BCUT2D eigenvalue weighted by molar-refractivity contribution is 7.99. The first-order chi connectivity index (χ1) is 15.9. The molecule has 0 N–H and O–H groups in total. The highest BCUT2D eigenvalue weighted by atomic mass is 32.2. The molecule has 4 aromatic rings. The van der Waals surface area contributed by atoms with Crippen LogP contribution in [0.15, 0.2) is 44.2 Å². The van der Waals surface area contributed by atoms with Crippen molar-refractivity contribution in [2.24, 2.45) is 21.1 Å². The largest absolute Gasteiger partial charge is 0.378 e. The average molecular weight is 470 g/mol. The van der Waals surface area contributed by atoms with Crippen LogP contribution in [0.5, 0.6) is 0 Å². The SMILES string of the molecule is Cn1c(=O)c2c(nc(Sc3nc4ccccc4n3CC(=O)N3CCOCC3)n2C)n(C)c1=O. The van der Waals surface area contributed by atoms with E-state index in [0.29, 0.717) is 47.8 Å². The van der Waals surface area contributed by atoms with Gasteiger partial charge in [-0.25, -0.2) is 14.8 Å². The molecule has 1 aromatic carbocycles. The second-order valence-electron chi connectivity index (χ2n) is 7.90. The molecule has 1 aliphatic rings. The molecule has 0 spiro atoms. The maximum atomic E-state index is 13.0. The van der Waals surface area contributed by atoms with E-state index in [-0.39, 0.29) is 12.5 Å². The minimum Gasteiger partial charge on any atom is -0.378 e. The number of aromatic nitrogens is 6. The van der Waals surface area contributed by atoms with Crippen molar-refractivity contribution in [1.82, 2.24) is 33.1 Å². The van der Waals surface area contributed by atoms with Gasteiger partial charge in [0.1, 0.15) is 6.54 Å². The minimum absolute atomic E-state index is 0.00966. The van der Waals surface area contributed by atoms with E-state index in [9.17, 15) is 14.4 Å². The van der Waals surface area contributed by atoms with E-state index in [1.54, 1.807) is 23.6 Å². The minimum atomic E-state index is -0.439. The molecule has 0 saturated carbocycles. The number of aryl methyl sites for hydroxylation is 2. The Morgan fingerprint density at radius 2 is 1.73 bits per heavy atom. The summed E-state index contributed by atoms with van der Waals surface area (Å²) in [6.45, 7) is 2.33. The lowest BCUT2D eigenvalue weighted by molar-refractivity contribution is -0.135. The van der Waals surface area contributed by atoms with Crippen LogP contribution in [0.25, 0.3) is 22.2 Å². The first-order valence-electron chi connectivity index (χ1n) is 10.5. The van der Waals surface area contributed by atoms with Gasteiger partial charge in [-0.2, -0.15) is 0 Å². The summed E-state index contributed by atoms with van der Waals surface area (Å²) in [5, 5.41) is 1.08. The molecule has 3 aromatic heterocycles. The molecule has 0 atom stereocenters. The van der Waals surface area contributed by atoms with Gasteiger partial charge < -0.3 is 18.8 Å². The number of rotatable bonds is 4. The number of ether oxygens (including phenoxy) is 1. The van der Waals surface area contributed by atoms with Gasteiger partial charge >= 0.3 is 5.69 Å². The fraction of sp³-hybridized carbons (Fsp3) is 0.381. The molecule has 0 unspecified atom stereocenters. The van der Waals surface area contributed by atoms with Gasteiger partial charge in [0, 0.05) is 34.2 Å². The standard InChI is InChI=1S/C21H23N7O4S/c1-24-16-17(25(2)21(31)26(3)18(16)30)23-19(24)33-20-22-13-6-4-5-7-14(13)28(20)12-15(29)27-8-10-32-11-9-27/h4-7H,8-12H2,1-3H3. The first-order valence-corrected chi connectivity index (χ1v) is 11.3. The molecule has 172 valence electrons. The number of para-hydroxylation sites is 2. The van der Waals surface area contributed by atoms with Gasteiger partial charge in [-0.05, 0) is 23.9 Å². The van der Waals surface area contributed by atoms with Crippen molar-refractivity contribution in [3.63, 3.8) is 0 Å². The zero-order valence-electron chi connectivity index (χ0n) is 18.5. The molecule has 33 heavy (non-hydrogen) atoms. The lowest BCUT2D eigenvalue weighted by Crippen LogP contribution is -2.42. The summed E-state index contributed by atoms with van der Waals surface area (Å²) in [5.41, 5.74) is 1.38. The van der Waals surface area contributed by atoms with E-state index in [0.717, 1.165) is 15.6 Å². The zero-order valence-corrected chi connectivity index (χ0v) is 19.3. The molecule has 12 heteroatoms. The van der Waals surface area contributed by atoms with Crippen LogP contribution in [0, 0.1) is 0 Å². The van der Waals surface area contributed by atoms with Gasteiger partial charge in [-0.1, -0.05) is 12.1 Å². The quantitative estimate of drug-likeness (QED) is 0.424. The second kappa shape index (κ2) is 8.19. The van der Waals surface area contributed by atoms with Crippen molar-refractivity contribution < 1.29 is 9.53 Å². The van der Waals surface area contributed by atoms with E-state index >= 15 is 0 Å². The van der Waals surface area contributed by atoms with Gasteiger partial charge in [0.05, 0.1) is 24.2 Å². The Balaban J connectivity index is 1.58. The van der Waals surface area contributed by atoms with E-state index in [1.165, 1.54) is 23.4 Å². The Labute approximate surface area is 192 Å². The van der Waals surface area contributed by atoms with Crippen molar-refractivity contribution in [3.8, 4) is 0 Å². The molecular formula is C21H23N7O4S. The van der Waals surface area contributed by atoms with Crippen LogP contribution in [-0.4, -0.2) is 65.3 Å². The predicted molar refractivity (Wildman–Crippen MR) is 122 cm³/mol. The fourth-order valence-corrected chi connectivity index (χ4v) is 4.94. The van der Waals surface area contributed by atoms with Crippen molar-refractivity contribution in [2.75, 3.05) is 26.3 Å². The summed E-state index contributed by atoms with van der Waals surface area (Å²) in [4.78, 5) is 49.1. The summed E-state index contributed by atoms with van der Waals surface area (Å²) in [5.74, 6) is -0.00966. The molecule has 5 rings (SSSR count). The van der Waals surface area contributed by atoms with Gasteiger partial charge in [-0.3, -0.25) is 18.7 Å². The maximum absolute atomic E-state index is 13.0. The Morgan fingerprint density at radius 3 is 2.48 bits per heavy atom. The topological polar surface area (TPSA) is 109 Å².